The van der Waals surface area contributed by atoms with Gasteiger partial charge in [0.15, 0.2) is 0 Å². The van der Waals surface area contributed by atoms with E-state index >= 15 is 0 Å². The van der Waals surface area contributed by atoms with Crippen molar-refractivity contribution in [1.82, 2.24) is 0 Å². The molecule has 0 bridgehead atoms. The molecular weight excluding hydrogens is 397 g/mol. The Morgan fingerprint density at radius 3 is 2.32 bits per heavy atom. The molecule has 1 aliphatic carbocycles. The average Bonchev–Trinajstić information content (AvgIpc) is 3.11. The Kier molecular flexibility index (Phi) is 5.36. The van der Waals surface area contributed by atoms with Crippen molar-refractivity contribution in [3.63, 3.8) is 0 Å². The number of esters is 1. The van der Waals surface area contributed by atoms with Gasteiger partial charge in [0.25, 0.3) is 0 Å². The Hall–Kier alpha value is -2.22. The molecule has 1 saturated carbocycles. The van der Waals surface area contributed by atoms with Gasteiger partial charge in [0.1, 0.15) is 21.8 Å². The van der Waals surface area contributed by atoms with Crippen LogP contribution in [0.5, 0.6) is 11.5 Å². The third kappa shape index (κ3) is 2.77. The second-order valence-electron chi connectivity index (χ2n) is 7.42. The second kappa shape index (κ2) is 7.31. The molecule has 0 saturated heterocycles. The highest BCUT2D eigenvalue weighted by Crippen LogP contribution is 2.80. The zero-order valence-electron chi connectivity index (χ0n) is 15.9. The number of halogens is 2. The van der Waals surface area contributed by atoms with E-state index in [1.807, 2.05) is 50.2 Å². The van der Waals surface area contributed by atoms with Crippen LogP contribution in [0.4, 0.5) is 0 Å². The summed E-state index contributed by atoms with van der Waals surface area (Å²) in [6, 6.07) is 18.9. The molecule has 1 aliphatic rings. The topological polar surface area (TPSA) is 59.3 Å². The third-order valence-corrected chi connectivity index (χ3v) is 6.28. The molecule has 28 heavy (non-hydrogen) atoms. The van der Waals surface area contributed by atoms with Crippen LogP contribution in [0, 0.1) is 22.2 Å². The predicted molar refractivity (Wildman–Crippen MR) is 109 cm³/mol. The normalized spacial score (nSPS) is 25.0. The van der Waals surface area contributed by atoms with E-state index in [9.17, 15) is 10.1 Å². The van der Waals surface area contributed by atoms with Crippen LogP contribution in [-0.2, 0) is 14.9 Å². The van der Waals surface area contributed by atoms with Crippen LogP contribution in [0.15, 0.2) is 54.6 Å². The van der Waals surface area contributed by atoms with Crippen LogP contribution in [0.2, 0.25) is 0 Å². The van der Waals surface area contributed by atoms with Crippen molar-refractivity contribution < 1.29 is 14.3 Å². The molecule has 0 N–H and O–H groups in total. The first-order valence-corrected chi connectivity index (χ1v) is 9.75. The van der Waals surface area contributed by atoms with E-state index in [1.54, 1.807) is 18.2 Å². The van der Waals surface area contributed by atoms with Gasteiger partial charge in [-0.1, -0.05) is 44.2 Å². The SMILES string of the molecule is COC(=O)C1(c2cccc(Oc3ccccc3)c2)C(C)(C)C1(C#N)CC(Cl)Cl. The maximum atomic E-state index is 13.0. The maximum Gasteiger partial charge on any atom is 0.318 e. The first kappa shape index (κ1) is 20.5. The number of carbonyl (C=O) groups is 1. The number of alkyl halides is 2. The summed E-state index contributed by atoms with van der Waals surface area (Å²) < 4.78 is 11.1. The molecule has 2 unspecified atom stereocenters. The second-order valence-corrected chi connectivity index (χ2v) is 8.70. The van der Waals surface area contributed by atoms with Crippen LogP contribution in [-0.4, -0.2) is 17.9 Å². The molecule has 3 rings (SSSR count). The molecule has 0 aromatic heterocycles. The van der Waals surface area contributed by atoms with Crippen molar-refractivity contribution in [3.8, 4) is 17.6 Å². The predicted octanol–water partition coefficient (Wildman–Crippen LogP) is 5.63. The fourth-order valence-electron chi connectivity index (χ4n) is 4.60. The maximum absolute atomic E-state index is 13.0. The van der Waals surface area contributed by atoms with E-state index < -0.39 is 27.1 Å². The number of rotatable bonds is 6. The van der Waals surface area contributed by atoms with Crippen molar-refractivity contribution in [2.75, 3.05) is 7.11 Å². The quantitative estimate of drug-likeness (QED) is 0.451. The monoisotopic (exact) mass is 417 g/mol. The summed E-state index contributed by atoms with van der Waals surface area (Å²) in [7, 11) is 1.32. The van der Waals surface area contributed by atoms with Gasteiger partial charge in [-0.3, -0.25) is 4.79 Å². The van der Waals surface area contributed by atoms with E-state index in [-0.39, 0.29) is 6.42 Å². The van der Waals surface area contributed by atoms with Crippen LogP contribution < -0.4 is 4.74 Å². The van der Waals surface area contributed by atoms with E-state index in [0.717, 1.165) is 0 Å². The number of hydrogen-bond donors (Lipinski definition) is 0. The molecule has 146 valence electrons. The molecule has 2 aromatic carbocycles. The lowest BCUT2D eigenvalue weighted by atomic mass is 9.84. The average molecular weight is 418 g/mol. The van der Waals surface area contributed by atoms with Crippen LogP contribution >= 0.6 is 23.2 Å². The zero-order valence-corrected chi connectivity index (χ0v) is 17.4. The van der Waals surface area contributed by atoms with Crippen molar-refractivity contribution in [2.24, 2.45) is 10.8 Å². The number of benzene rings is 2. The van der Waals surface area contributed by atoms with E-state index in [2.05, 4.69) is 6.07 Å². The summed E-state index contributed by atoms with van der Waals surface area (Å²) in [4.78, 5) is 12.3. The van der Waals surface area contributed by atoms with Gasteiger partial charge in [-0.2, -0.15) is 5.26 Å². The summed E-state index contributed by atoms with van der Waals surface area (Å²) in [5, 5.41) is 10.1. The van der Waals surface area contributed by atoms with Gasteiger partial charge in [0.2, 0.25) is 0 Å². The molecule has 1 fully saturated rings. The number of para-hydroxylation sites is 1. The molecule has 4 nitrogen and oxygen atoms in total. The number of methoxy groups -OCH3 is 1. The number of nitriles is 1. The fourth-order valence-corrected chi connectivity index (χ4v) is 5.06. The molecule has 2 atom stereocenters. The van der Waals surface area contributed by atoms with Gasteiger partial charge in [-0.15, -0.1) is 23.2 Å². The van der Waals surface area contributed by atoms with Gasteiger partial charge in [0.05, 0.1) is 18.6 Å². The van der Waals surface area contributed by atoms with E-state index in [0.29, 0.717) is 17.1 Å². The lowest BCUT2D eigenvalue weighted by molar-refractivity contribution is -0.145. The summed E-state index contributed by atoms with van der Waals surface area (Å²) in [6.45, 7) is 3.74. The third-order valence-electron chi connectivity index (χ3n) is 5.97. The Morgan fingerprint density at radius 2 is 1.75 bits per heavy atom. The lowest BCUT2D eigenvalue weighted by Crippen LogP contribution is -2.31. The number of carbonyl (C=O) groups excluding carboxylic acids is 1. The summed E-state index contributed by atoms with van der Waals surface area (Å²) in [6.07, 6.45) is 0.151. The van der Waals surface area contributed by atoms with Crippen LogP contribution in [0.3, 0.4) is 0 Å². The Balaban J connectivity index is 2.11. The standard InChI is InChI=1S/C22H21Cl2NO3/c1-20(2)21(14-25,13-18(23)24)22(20,19(26)27-3)15-8-7-11-17(12-15)28-16-9-5-4-6-10-16/h4-12,18H,13H2,1-3H3. The van der Waals surface area contributed by atoms with Gasteiger partial charge in [-0.25, -0.2) is 0 Å². The van der Waals surface area contributed by atoms with Gasteiger partial charge >= 0.3 is 5.97 Å². The van der Waals surface area contributed by atoms with E-state index in [4.69, 9.17) is 32.7 Å². The highest BCUT2D eigenvalue weighted by atomic mass is 35.5. The molecule has 2 aromatic rings. The number of nitrogens with zero attached hydrogens (tertiary/aromatic N) is 1. The van der Waals surface area contributed by atoms with Crippen molar-refractivity contribution in [1.29, 1.82) is 5.26 Å². The molecular formula is C22H21Cl2NO3. The van der Waals surface area contributed by atoms with Crippen LogP contribution in [0.1, 0.15) is 25.8 Å². The van der Waals surface area contributed by atoms with E-state index in [1.165, 1.54) is 7.11 Å². The van der Waals surface area contributed by atoms with Gasteiger partial charge < -0.3 is 9.47 Å². The highest BCUT2D eigenvalue weighted by molar-refractivity contribution is 6.44. The first-order valence-electron chi connectivity index (χ1n) is 8.88. The molecule has 0 spiro atoms. The fraction of sp³-hybridized carbons (Fsp3) is 0.364. The molecule has 6 heteroatoms. The zero-order chi connectivity index (χ0) is 20.6. The number of ether oxygens (including phenoxy) is 2. The lowest BCUT2D eigenvalue weighted by Gasteiger charge is -2.21. The van der Waals surface area contributed by atoms with Gasteiger partial charge in [0, 0.05) is 5.41 Å². The van der Waals surface area contributed by atoms with Crippen molar-refractivity contribution in [2.45, 2.75) is 30.5 Å². The summed E-state index contributed by atoms with van der Waals surface area (Å²) in [5.74, 6) is 0.759. The first-order chi connectivity index (χ1) is 13.3. The minimum atomic E-state index is -1.19. The largest absolute Gasteiger partial charge is 0.468 e. The Bertz CT molecular complexity index is 923. The minimum Gasteiger partial charge on any atom is -0.468 e. The molecule has 0 aliphatic heterocycles. The molecule has 0 amide bonds. The van der Waals surface area contributed by atoms with Crippen LogP contribution in [0.25, 0.3) is 0 Å². The number of hydrogen-bond acceptors (Lipinski definition) is 4. The Morgan fingerprint density at radius 1 is 1.11 bits per heavy atom. The van der Waals surface area contributed by atoms with Gasteiger partial charge in [-0.05, 0) is 36.2 Å². The molecule has 0 heterocycles. The van der Waals surface area contributed by atoms with Crippen molar-refractivity contribution in [3.05, 3.63) is 60.2 Å². The smallest absolute Gasteiger partial charge is 0.318 e. The molecule has 0 radical (unpaired) electrons. The summed E-state index contributed by atoms with van der Waals surface area (Å²) >= 11 is 12.1. The Labute approximate surface area is 175 Å². The highest BCUT2D eigenvalue weighted by Gasteiger charge is 2.88. The summed E-state index contributed by atoms with van der Waals surface area (Å²) in [5.41, 5.74) is -2.36. The van der Waals surface area contributed by atoms with Crippen molar-refractivity contribution >= 4 is 29.2 Å². The minimum absolute atomic E-state index is 0.151.